The van der Waals surface area contributed by atoms with Crippen LogP contribution in [0.15, 0.2) is 67.0 Å². The van der Waals surface area contributed by atoms with Crippen molar-refractivity contribution < 1.29 is 0 Å². The number of aryl methyl sites for hydroxylation is 1. The molecule has 0 radical (unpaired) electrons. The predicted octanol–water partition coefficient (Wildman–Crippen LogP) is 4.55. The first-order valence-corrected chi connectivity index (χ1v) is 10.5. The maximum Gasteiger partial charge on any atom is 0.159 e. The second kappa shape index (κ2) is 9.29. The Hall–Kier alpha value is -2.56. The molecule has 0 N–H and O–H groups in total. The van der Waals surface area contributed by atoms with Crippen molar-refractivity contribution in [3.8, 4) is 11.4 Å². The molecule has 0 saturated carbocycles. The van der Waals surface area contributed by atoms with Crippen molar-refractivity contribution in [3.63, 3.8) is 0 Å². The SMILES string of the molecule is Cc1ccccc1-c1ncc(CN2CCCC(N(C)Cc3ccccc3)C2)cn1. The summed E-state index contributed by atoms with van der Waals surface area (Å²) in [5.41, 5.74) is 4.89. The van der Waals surface area contributed by atoms with E-state index in [-0.39, 0.29) is 0 Å². The molecule has 2 aromatic carbocycles. The van der Waals surface area contributed by atoms with Crippen LogP contribution in [0, 0.1) is 6.92 Å². The summed E-state index contributed by atoms with van der Waals surface area (Å²) >= 11 is 0. The summed E-state index contributed by atoms with van der Waals surface area (Å²) in [7, 11) is 2.25. The monoisotopic (exact) mass is 386 g/mol. The van der Waals surface area contributed by atoms with E-state index < -0.39 is 0 Å². The van der Waals surface area contributed by atoms with Gasteiger partial charge in [-0.1, -0.05) is 54.6 Å². The summed E-state index contributed by atoms with van der Waals surface area (Å²) in [5, 5.41) is 0. The van der Waals surface area contributed by atoms with E-state index >= 15 is 0 Å². The van der Waals surface area contributed by atoms with Crippen molar-refractivity contribution >= 4 is 0 Å². The highest BCUT2D eigenvalue weighted by Crippen LogP contribution is 2.21. The van der Waals surface area contributed by atoms with Crippen molar-refractivity contribution in [2.75, 3.05) is 20.1 Å². The van der Waals surface area contributed by atoms with Crippen LogP contribution >= 0.6 is 0 Å². The molecule has 1 fully saturated rings. The van der Waals surface area contributed by atoms with Gasteiger partial charge < -0.3 is 0 Å². The molecule has 4 nitrogen and oxygen atoms in total. The van der Waals surface area contributed by atoms with Gasteiger partial charge in [-0.3, -0.25) is 9.80 Å². The Kier molecular flexibility index (Phi) is 6.33. The Morgan fingerprint density at radius 3 is 2.45 bits per heavy atom. The van der Waals surface area contributed by atoms with E-state index in [1.165, 1.54) is 29.5 Å². The Balaban J connectivity index is 1.36. The highest BCUT2D eigenvalue weighted by Gasteiger charge is 2.23. The molecule has 2 heterocycles. The third kappa shape index (κ3) is 5.08. The molecule has 1 atom stereocenters. The molecule has 0 bridgehead atoms. The lowest BCUT2D eigenvalue weighted by Gasteiger charge is -2.37. The van der Waals surface area contributed by atoms with E-state index in [0.29, 0.717) is 6.04 Å². The summed E-state index contributed by atoms with van der Waals surface area (Å²) in [6, 6.07) is 19.6. The van der Waals surface area contributed by atoms with E-state index in [2.05, 4.69) is 82.3 Å². The van der Waals surface area contributed by atoms with E-state index in [1.54, 1.807) is 0 Å². The Morgan fingerprint density at radius 1 is 0.966 bits per heavy atom. The molecule has 1 saturated heterocycles. The summed E-state index contributed by atoms with van der Waals surface area (Å²) in [4.78, 5) is 14.3. The topological polar surface area (TPSA) is 32.3 Å². The maximum absolute atomic E-state index is 4.64. The van der Waals surface area contributed by atoms with Crippen LogP contribution < -0.4 is 0 Å². The lowest BCUT2D eigenvalue weighted by atomic mass is 10.0. The molecule has 1 unspecified atom stereocenters. The van der Waals surface area contributed by atoms with Gasteiger partial charge in [-0.15, -0.1) is 0 Å². The molecule has 1 aliphatic rings. The molecule has 4 heteroatoms. The lowest BCUT2D eigenvalue weighted by Crippen LogP contribution is -2.45. The van der Waals surface area contributed by atoms with Gasteiger partial charge in [-0.2, -0.15) is 0 Å². The van der Waals surface area contributed by atoms with Crippen molar-refractivity contribution in [1.29, 1.82) is 0 Å². The average Bonchev–Trinajstić information content (AvgIpc) is 2.76. The zero-order chi connectivity index (χ0) is 20.1. The van der Waals surface area contributed by atoms with E-state index in [9.17, 15) is 0 Å². The Morgan fingerprint density at radius 2 is 1.69 bits per heavy atom. The number of nitrogens with zero attached hydrogens (tertiary/aromatic N) is 4. The fourth-order valence-corrected chi connectivity index (χ4v) is 4.19. The number of rotatable bonds is 6. The van der Waals surface area contributed by atoms with Gasteiger partial charge in [0.15, 0.2) is 5.82 Å². The first kappa shape index (κ1) is 19.7. The molecule has 0 aliphatic carbocycles. The van der Waals surface area contributed by atoms with Gasteiger partial charge >= 0.3 is 0 Å². The number of likely N-dealkylation sites (tertiary alicyclic amines) is 1. The molecule has 4 rings (SSSR count). The summed E-state index contributed by atoms with van der Waals surface area (Å²) in [6.07, 6.45) is 6.49. The molecule has 0 spiro atoms. The first-order valence-electron chi connectivity index (χ1n) is 10.5. The predicted molar refractivity (Wildman–Crippen MR) is 118 cm³/mol. The summed E-state index contributed by atoms with van der Waals surface area (Å²) in [6.45, 7) is 6.28. The molecule has 1 aromatic heterocycles. The number of benzene rings is 2. The highest BCUT2D eigenvalue weighted by atomic mass is 15.2. The van der Waals surface area contributed by atoms with Crippen LogP contribution in [-0.4, -0.2) is 45.9 Å². The second-order valence-corrected chi connectivity index (χ2v) is 8.16. The quantitative estimate of drug-likeness (QED) is 0.622. The average molecular weight is 387 g/mol. The van der Waals surface area contributed by atoms with Crippen LogP contribution in [0.5, 0.6) is 0 Å². The molecular formula is C25H30N4. The van der Waals surface area contributed by atoms with Gasteiger partial charge in [-0.05, 0) is 44.5 Å². The van der Waals surface area contributed by atoms with Gasteiger partial charge in [0, 0.05) is 49.2 Å². The molecular weight excluding hydrogens is 356 g/mol. The zero-order valence-electron chi connectivity index (χ0n) is 17.5. The fourth-order valence-electron chi connectivity index (χ4n) is 4.19. The van der Waals surface area contributed by atoms with Gasteiger partial charge in [0.2, 0.25) is 0 Å². The number of hydrogen-bond acceptors (Lipinski definition) is 4. The van der Waals surface area contributed by atoms with Crippen LogP contribution in [0.4, 0.5) is 0 Å². The zero-order valence-corrected chi connectivity index (χ0v) is 17.5. The number of aromatic nitrogens is 2. The Bertz CT molecular complexity index is 908. The van der Waals surface area contributed by atoms with Gasteiger partial charge in [0.1, 0.15) is 0 Å². The first-order chi connectivity index (χ1) is 14.2. The van der Waals surface area contributed by atoms with Gasteiger partial charge in [0.25, 0.3) is 0 Å². The fraction of sp³-hybridized carbons (Fsp3) is 0.360. The number of piperidine rings is 1. The van der Waals surface area contributed by atoms with E-state index in [4.69, 9.17) is 0 Å². The van der Waals surface area contributed by atoms with Crippen LogP contribution in [0.2, 0.25) is 0 Å². The van der Waals surface area contributed by atoms with Gasteiger partial charge in [-0.25, -0.2) is 9.97 Å². The van der Waals surface area contributed by atoms with Crippen molar-refractivity contribution in [3.05, 3.63) is 83.7 Å². The number of likely N-dealkylation sites (N-methyl/N-ethyl adjacent to an activating group) is 1. The van der Waals surface area contributed by atoms with E-state index in [0.717, 1.165) is 37.6 Å². The van der Waals surface area contributed by atoms with Gasteiger partial charge in [0.05, 0.1) is 0 Å². The van der Waals surface area contributed by atoms with Crippen molar-refractivity contribution in [2.24, 2.45) is 0 Å². The van der Waals surface area contributed by atoms with Crippen molar-refractivity contribution in [1.82, 2.24) is 19.8 Å². The molecule has 0 amide bonds. The molecule has 1 aliphatic heterocycles. The number of hydrogen-bond donors (Lipinski definition) is 0. The third-order valence-corrected chi connectivity index (χ3v) is 5.88. The Labute approximate surface area is 174 Å². The minimum absolute atomic E-state index is 0.594. The van der Waals surface area contributed by atoms with Crippen LogP contribution in [0.1, 0.15) is 29.5 Å². The lowest BCUT2D eigenvalue weighted by molar-refractivity contribution is 0.107. The molecule has 150 valence electrons. The van der Waals surface area contributed by atoms with E-state index in [1.807, 2.05) is 18.5 Å². The largest absolute Gasteiger partial charge is 0.298 e. The maximum atomic E-state index is 4.64. The smallest absolute Gasteiger partial charge is 0.159 e. The van der Waals surface area contributed by atoms with Crippen LogP contribution in [0.25, 0.3) is 11.4 Å². The molecule has 3 aromatic rings. The normalized spacial score (nSPS) is 17.6. The minimum atomic E-state index is 0.594. The van der Waals surface area contributed by atoms with Crippen LogP contribution in [-0.2, 0) is 13.1 Å². The van der Waals surface area contributed by atoms with Crippen molar-refractivity contribution in [2.45, 2.75) is 38.9 Å². The minimum Gasteiger partial charge on any atom is -0.298 e. The van der Waals surface area contributed by atoms with Crippen LogP contribution in [0.3, 0.4) is 0 Å². The highest BCUT2D eigenvalue weighted by molar-refractivity contribution is 5.59. The standard InChI is InChI=1S/C25H30N4/c1-20-9-6-7-13-24(20)25-26-15-22(16-27-25)18-29-14-8-12-23(19-29)28(2)17-21-10-4-3-5-11-21/h3-7,9-11,13,15-16,23H,8,12,14,17-19H2,1-2H3. The summed E-state index contributed by atoms with van der Waals surface area (Å²) < 4.78 is 0. The molecule has 29 heavy (non-hydrogen) atoms. The second-order valence-electron chi connectivity index (χ2n) is 8.16. The summed E-state index contributed by atoms with van der Waals surface area (Å²) in [5.74, 6) is 0.811. The third-order valence-electron chi connectivity index (χ3n) is 5.88.